The highest BCUT2D eigenvalue weighted by Crippen LogP contribution is 2.17. The molecule has 0 aliphatic carbocycles. The predicted molar refractivity (Wildman–Crippen MR) is 93.4 cm³/mol. The van der Waals surface area contributed by atoms with Crippen molar-refractivity contribution in [3.63, 3.8) is 0 Å². The molecule has 2 aromatic carbocycles. The van der Waals surface area contributed by atoms with E-state index in [4.69, 9.17) is 9.15 Å². The Morgan fingerprint density at radius 1 is 1.04 bits per heavy atom. The number of fused-ring (bicyclic) bond motifs is 1. The summed E-state index contributed by atoms with van der Waals surface area (Å²) in [4.78, 5) is 27.2. The summed E-state index contributed by atoms with van der Waals surface area (Å²) >= 11 is 0. The lowest BCUT2D eigenvalue weighted by Crippen LogP contribution is -2.12. The average molecular weight is 347 g/mol. The fourth-order valence-corrected chi connectivity index (χ4v) is 2.52. The van der Waals surface area contributed by atoms with Gasteiger partial charge in [-0.25, -0.2) is 4.79 Å². The Hall–Kier alpha value is -3.74. The Balaban J connectivity index is 1.49. The molecule has 4 aromatic rings. The monoisotopic (exact) mass is 347 g/mol. The van der Waals surface area contributed by atoms with Gasteiger partial charge in [-0.3, -0.25) is 4.79 Å². The van der Waals surface area contributed by atoms with Gasteiger partial charge in [-0.15, -0.1) is 10.2 Å². The first kappa shape index (κ1) is 15.8. The molecule has 0 aliphatic rings. The highest BCUT2D eigenvalue weighted by molar-refractivity contribution is 5.90. The van der Waals surface area contributed by atoms with E-state index in [1.165, 1.54) is 6.07 Å². The number of rotatable bonds is 4. The lowest BCUT2D eigenvalue weighted by Gasteiger charge is -2.04. The Labute approximate surface area is 147 Å². The first-order valence-corrected chi connectivity index (χ1v) is 7.88. The molecule has 0 atom stereocenters. The summed E-state index contributed by atoms with van der Waals surface area (Å²) < 4.78 is 10.6. The summed E-state index contributed by atoms with van der Waals surface area (Å²) in [7, 11) is 0. The second-order valence-electron chi connectivity index (χ2n) is 5.54. The lowest BCUT2D eigenvalue weighted by atomic mass is 10.2. The maximum Gasteiger partial charge on any atom is 0.355 e. The van der Waals surface area contributed by atoms with E-state index in [9.17, 15) is 9.59 Å². The van der Waals surface area contributed by atoms with Crippen LogP contribution < -0.4 is 5.43 Å². The lowest BCUT2D eigenvalue weighted by molar-refractivity contribution is 0.0432. The van der Waals surface area contributed by atoms with Gasteiger partial charge in [-0.05, 0) is 24.3 Å². The Morgan fingerprint density at radius 3 is 2.65 bits per heavy atom. The van der Waals surface area contributed by atoms with Gasteiger partial charge in [0.05, 0.1) is 0 Å². The molecule has 2 aromatic heterocycles. The van der Waals surface area contributed by atoms with E-state index >= 15 is 0 Å². The number of H-pyrrole nitrogens is 1. The van der Waals surface area contributed by atoms with E-state index in [0.29, 0.717) is 16.8 Å². The summed E-state index contributed by atoms with van der Waals surface area (Å²) in [5.74, 6) is -0.164. The number of hydrogen-bond donors (Lipinski definition) is 1. The highest BCUT2D eigenvalue weighted by Gasteiger charge is 2.14. The largest absolute Gasteiger partial charge is 0.451 e. The molecular weight excluding hydrogens is 334 g/mol. The van der Waals surface area contributed by atoms with Crippen LogP contribution in [0, 0.1) is 0 Å². The van der Waals surface area contributed by atoms with Crippen LogP contribution in [0.3, 0.4) is 0 Å². The molecule has 0 radical (unpaired) electrons. The van der Waals surface area contributed by atoms with Crippen molar-refractivity contribution in [3.8, 4) is 11.5 Å². The molecular formula is C19H13N3O4. The van der Waals surface area contributed by atoms with Crippen LogP contribution in [0.2, 0.25) is 0 Å². The summed E-state index contributed by atoms with van der Waals surface area (Å²) in [6, 6.07) is 17.4. The van der Waals surface area contributed by atoms with E-state index in [1.807, 2.05) is 30.3 Å². The zero-order valence-electron chi connectivity index (χ0n) is 13.5. The molecule has 0 aliphatic heterocycles. The third-order valence-corrected chi connectivity index (χ3v) is 3.77. The van der Waals surface area contributed by atoms with Crippen LogP contribution in [0.4, 0.5) is 0 Å². The summed E-state index contributed by atoms with van der Waals surface area (Å²) in [6.45, 7) is -0.187. The van der Waals surface area contributed by atoms with Gasteiger partial charge < -0.3 is 14.1 Å². The normalized spacial score (nSPS) is 10.8. The minimum Gasteiger partial charge on any atom is -0.451 e. The van der Waals surface area contributed by atoms with E-state index in [2.05, 4.69) is 15.2 Å². The smallest absolute Gasteiger partial charge is 0.355 e. The highest BCUT2D eigenvalue weighted by atomic mass is 16.5. The molecule has 0 saturated heterocycles. The third kappa shape index (κ3) is 3.10. The second kappa shape index (κ2) is 6.64. The number of aromatic nitrogens is 3. The van der Waals surface area contributed by atoms with Crippen molar-refractivity contribution in [1.82, 2.24) is 15.2 Å². The molecule has 2 heterocycles. The van der Waals surface area contributed by atoms with Gasteiger partial charge in [0.15, 0.2) is 12.0 Å². The van der Waals surface area contributed by atoms with Crippen molar-refractivity contribution < 1.29 is 13.9 Å². The molecule has 128 valence electrons. The van der Waals surface area contributed by atoms with E-state index in [1.54, 1.807) is 24.3 Å². The summed E-state index contributed by atoms with van der Waals surface area (Å²) in [5.41, 5.74) is 1.15. The van der Waals surface area contributed by atoms with Crippen molar-refractivity contribution in [2.75, 3.05) is 0 Å². The van der Waals surface area contributed by atoms with Crippen molar-refractivity contribution in [1.29, 1.82) is 0 Å². The van der Waals surface area contributed by atoms with Crippen LogP contribution in [-0.4, -0.2) is 21.2 Å². The van der Waals surface area contributed by atoms with Gasteiger partial charge in [0.25, 0.3) is 5.89 Å². The second-order valence-corrected chi connectivity index (χ2v) is 5.54. The number of aromatic amines is 1. The zero-order valence-corrected chi connectivity index (χ0v) is 13.5. The Bertz CT molecular complexity index is 1130. The number of carbonyl (C=O) groups is 1. The molecule has 0 spiro atoms. The third-order valence-electron chi connectivity index (χ3n) is 3.77. The van der Waals surface area contributed by atoms with Crippen molar-refractivity contribution in [3.05, 3.63) is 82.5 Å². The topological polar surface area (TPSA) is 98.1 Å². The number of ether oxygens (including phenoxy) is 1. The van der Waals surface area contributed by atoms with E-state index in [-0.39, 0.29) is 23.6 Å². The number of pyridine rings is 1. The molecule has 7 heteroatoms. The molecule has 4 rings (SSSR count). The number of esters is 1. The number of carbonyl (C=O) groups excluding carboxylic acids is 1. The molecule has 0 amide bonds. The minimum absolute atomic E-state index is 0.0662. The van der Waals surface area contributed by atoms with Gasteiger partial charge in [0.2, 0.25) is 5.89 Å². The number of para-hydroxylation sites is 1. The summed E-state index contributed by atoms with van der Waals surface area (Å²) in [6.07, 6.45) is 0. The van der Waals surface area contributed by atoms with Gasteiger partial charge in [-0.1, -0.05) is 30.3 Å². The Kier molecular flexibility index (Phi) is 4.03. The number of nitrogens with zero attached hydrogens (tertiary/aromatic N) is 2. The number of nitrogens with one attached hydrogen (secondary N) is 1. The van der Waals surface area contributed by atoms with Gasteiger partial charge >= 0.3 is 5.97 Å². The SMILES string of the molecule is O=C(OCc1nnc(-c2ccccc2)o1)c1cc(=O)c2ccccc2[nH]1. The predicted octanol–water partition coefficient (Wildman–Crippen LogP) is 2.94. The fraction of sp³-hybridized carbons (Fsp3) is 0.0526. The minimum atomic E-state index is -0.674. The van der Waals surface area contributed by atoms with E-state index in [0.717, 1.165) is 5.56 Å². The molecule has 1 N–H and O–H groups in total. The van der Waals surface area contributed by atoms with Crippen LogP contribution >= 0.6 is 0 Å². The maximum atomic E-state index is 12.2. The first-order chi connectivity index (χ1) is 12.7. The average Bonchev–Trinajstić information content (AvgIpc) is 3.16. The van der Waals surface area contributed by atoms with Crippen molar-refractivity contribution in [2.45, 2.75) is 6.61 Å². The van der Waals surface area contributed by atoms with Gasteiger partial charge in [0.1, 0.15) is 5.69 Å². The van der Waals surface area contributed by atoms with Crippen LogP contribution in [-0.2, 0) is 11.3 Å². The number of hydrogen-bond acceptors (Lipinski definition) is 6. The van der Waals surface area contributed by atoms with Gasteiger partial charge in [0, 0.05) is 22.5 Å². The van der Waals surface area contributed by atoms with Crippen molar-refractivity contribution in [2.24, 2.45) is 0 Å². The summed E-state index contributed by atoms with van der Waals surface area (Å²) in [5, 5.41) is 8.29. The molecule has 0 fully saturated rings. The quantitative estimate of drug-likeness (QED) is 0.570. The molecule has 0 saturated carbocycles. The molecule has 0 bridgehead atoms. The van der Waals surface area contributed by atoms with Crippen LogP contribution in [0.1, 0.15) is 16.4 Å². The van der Waals surface area contributed by atoms with Crippen molar-refractivity contribution >= 4 is 16.9 Å². The molecule has 0 unspecified atom stereocenters. The van der Waals surface area contributed by atoms with Crippen LogP contribution in [0.15, 0.2) is 69.9 Å². The van der Waals surface area contributed by atoms with Crippen LogP contribution in [0.5, 0.6) is 0 Å². The Morgan fingerprint density at radius 2 is 1.81 bits per heavy atom. The van der Waals surface area contributed by atoms with Gasteiger partial charge in [-0.2, -0.15) is 0 Å². The first-order valence-electron chi connectivity index (χ1n) is 7.88. The number of benzene rings is 2. The zero-order chi connectivity index (χ0) is 17.9. The molecule has 26 heavy (non-hydrogen) atoms. The van der Waals surface area contributed by atoms with Crippen LogP contribution in [0.25, 0.3) is 22.4 Å². The maximum absolute atomic E-state index is 12.2. The fourth-order valence-electron chi connectivity index (χ4n) is 2.52. The standard InChI is InChI=1S/C19H13N3O4/c23-16-10-15(20-14-9-5-4-8-13(14)16)19(24)25-11-17-21-22-18(26-17)12-6-2-1-3-7-12/h1-10H,11H2,(H,20,23). The molecule has 7 nitrogen and oxygen atoms in total. The van der Waals surface area contributed by atoms with E-state index < -0.39 is 5.97 Å².